The van der Waals surface area contributed by atoms with Gasteiger partial charge in [0, 0.05) is 48.9 Å². The molecule has 2 amide bonds. The molecule has 0 radical (unpaired) electrons. The van der Waals surface area contributed by atoms with Crippen LogP contribution in [0.3, 0.4) is 0 Å². The lowest BCUT2D eigenvalue weighted by Gasteiger charge is -2.25. The molecule has 0 bridgehead atoms. The molecule has 6 N–H and O–H groups in total. The van der Waals surface area contributed by atoms with Crippen molar-refractivity contribution in [2.75, 3.05) is 24.6 Å². The molecule has 0 aromatic heterocycles. The van der Waals surface area contributed by atoms with E-state index in [1.165, 1.54) is 42.5 Å². The summed E-state index contributed by atoms with van der Waals surface area (Å²) < 4.78 is 104. The van der Waals surface area contributed by atoms with Crippen molar-refractivity contribution in [3.63, 3.8) is 0 Å². The molecule has 2 aromatic rings. The summed E-state index contributed by atoms with van der Waals surface area (Å²) >= 11 is 0. The maximum atomic E-state index is 14.6. The van der Waals surface area contributed by atoms with Crippen molar-refractivity contribution in [2.24, 2.45) is 0 Å². The number of fused-ring (bicyclic) bond motifs is 2. The molecule has 2 heterocycles. The maximum Gasteiger partial charge on any atom is 0.336 e. The average Bonchev–Trinajstić information content (AvgIpc) is 3.40. The Labute approximate surface area is 313 Å². The first-order valence-corrected chi connectivity index (χ1v) is 20.9. The van der Waals surface area contributed by atoms with Crippen LogP contribution in [-0.4, -0.2) is 91.4 Å². The first-order chi connectivity index (χ1) is 25.7. The molecule has 55 heavy (non-hydrogen) atoms. The lowest BCUT2D eigenvalue weighted by atomic mass is 9.90. The number of hydroxylamine groups is 2. The van der Waals surface area contributed by atoms with Gasteiger partial charge in [0.15, 0.2) is 16.2 Å². The SMILES string of the molecule is N=c1ccc2c(-c3ccccc3C(=O)O)c3ccc(N)c(S(=O)(=O)N(CCCCCC(=O)ON4C(=O)CCC4=O)CCCS(=O)(=O)O)c3oc-2c1S(=O)(=O)O. The number of carbonyl (C=O) groups is 4. The van der Waals surface area contributed by atoms with E-state index in [-0.39, 0.29) is 72.7 Å². The Morgan fingerprint density at radius 3 is 2.15 bits per heavy atom. The van der Waals surface area contributed by atoms with Crippen molar-refractivity contribution < 1.29 is 67.9 Å². The van der Waals surface area contributed by atoms with Gasteiger partial charge in [0.1, 0.15) is 4.90 Å². The molecule has 1 saturated heterocycles. The third kappa shape index (κ3) is 8.84. The highest BCUT2D eigenvalue weighted by Gasteiger charge is 2.35. The Bertz CT molecular complexity index is 2570. The van der Waals surface area contributed by atoms with Crippen LogP contribution in [0.5, 0.6) is 0 Å². The minimum atomic E-state index is -5.23. The molecule has 19 nitrogen and oxygen atoms in total. The summed E-state index contributed by atoms with van der Waals surface area (Å²) in [5.41, 5.74) is 4.79. The van der Waals surface area contributed by atoms with Gasteiger partial charge in [0.05, 0.1) is 22.4 Å². The second kappa shape index (κ2) is 15.8. The number of carboxylic acid groups (broad SMARTS) is 1. The standard InChI is InChI=1S/C33H34N4O15S3/c34-23-12-10-21-28(19-7-3-4-8-20(19)33(41)42)22-11-13-24(35)32(55(48,49)50)30(22)51-29(21)31(23)54(46,47)36(17-6-18-53(43,44)45)16-5-1-2-9-27(40)52-37-25(38)14-15-26(37)39/h3-4,7-8,10-13,35H,1-2,5-6,9,14-18,34H2,(H,41,42)(H,43,44,45)(H,48,49,50). The van der Waals surface area contributed by atoms with Gasteiger partial charge in [0.2, 0.25) is 10.0 Å². The molecule has 1 aliphatic carbocycles. The lowest BCUT2D eigenvalue weighted by molar-refractivity contribution is -0.197. The van der Waals surface area contributed by atoms with Crippen molar-refractivity contribution in [3.8, 4) is 22.5 Å². The molecule has 2 aliphatic heterocycles. The van der Waals surface area contributed by atoms with Gasteiger partial charge in [-0.1, -0.05) is 24.6 Å². The van der Waals surface area contributed by atoms with Gasteiger partial charge < -0.3 is 20.1 Å². The lowest BCUT2D eigenvalue weighted by Crippen LogP contribution is -2.34. The Hall–Kier alpha value is -5.26. The van der Waals surface area contributed by atoms with E-state index in [4.69, 9.17) is 20.4 Å². The van der Waals surface area contributed by atoms with Gasteiger partial charge in [-0.3, -0.25) is 24.1 Å². The summed E-state index contributed by atoms with van der Waals surface area (Å²) in [6, 6.07) is 10.3. The van der Waals surface area contributed by atoms with Crippen molar-refractivity contribution in [3.05, 3.63) is 59.5 Å². The number of nitrogens with zero attached hydrogens (tertiary/aromatic N) is 2. The summed E-state index contributed by atoms with van der Waals surface area (Å²) in [5.74, 6) is -5.13. The first-order valence-electron chi connectivity index (χ1n) is 16.4. The number of benzene rings is 3. The van der Waals surface area contributed by atoms with E-state index in [2.05, 4.69) is 0 Å². The molecule has 0 unspecified atom stereocenters. The number of aromatic carboxylic acids is 1. The number of rotatable bonds is 16. The minimum absolute atomic E-state index is 0.0186. The van der Waals surface area contributed by atoms with Gasteiger partial charge in [-0.2, -0.15) is 21.1 Å². The topological polar surface area (TPSA) is 310 Å². The molecule has 0 spiro atoms. The van der Waals surface area contributed by atoms with E-state index >= 15 is 0 Å². The van der Waals surface area contributed by atoms with Crippen molar-refractivity contribution in [1.29, 1.82) is 5.41 Å². The Kier molecular flexibility index (Phi) is 11.8. The van der Waals surface area contributed by atoms with Crippen LogP contribution in [0.1, 0.15) is 55.3 Å². The van der Waals surface area contributed by atoms with Gasteiger partial charge in [-0.15, -0.1) is 5.06 Å². The number of amides is 2. The molecular formula is C33H34N4O15S3. The maximum absolute atomic E-state index is 14.6. The van der Waals surface area contributed by atoms with Crippen molar-refractivity contribution >= 4 is 70.7 Å². The normalized spacial score (nSPS) is 14.0. The van der Waals surface area contributed by atoms with E-state index in [9.17, 15) is 58.6 Å². The highest BCUT2D eigenvalue weighted by molar-refractivity contribution is 7.89. The van der Waals surface area contributed by atoms with E-state index < -0.39 is 105 Å². The van der Waals surface area contributed by atoms with E-state index in [0.29, 0.717) is 5.06 Å². The molecule has 5 rings (SSSR count). The number of hydrogen-bond donors (Lipinski definition) is 5. The fourth-order valence-corrected chi connectivity index (χ4v) is 9.10. The fraction of sp³-hybridized carbons (Fsp3) is 0.303. The molecule has 22 heteroatoms. The monoisotopic (exact) mass is 822 g/mol. The zero-order valence-electron chi connectivity index (χ0n) is 28.6. The summed E-state index contributed by atoms with van der Waals surface area (Å²) in [6.45, 7) is -0.828. The number of carboxylic acids is 1. The van der Waals surface area contributed by atoms with Crippen LogP contribution in [0.4, 0.5) is 5.69 Å². The first kappa shape index (κ1) is 40.9. The molecule has 2 aromatic carbocycles. The van der Waals surface area contributed by atoms with Gasteiger partial charge in [-0.25, -0.2) is 18.0 Å². The summed E-state index contributed by atoms with van der Waals surface area (Å²) in [5, 5.41) is 17.9. The Morgan fingerprint density at radius 1 is 0.855 bits per heavy atom. The molecule has 294 valence electrons. The smallest absolute Gasteiger partial charge is 0.336 e. The van der Waals surface area contributed by atoms with Crippen LogP contribution in [-0.2, 0) is 49.5 Å². The number of nitrogen functional groups attached to an aromatic ring is 1. The number of hydrogen-bond acceptors (Lipinski definition) is 14. The zero-order valence-corrected chi connectivity index (χ0v) is 31.1. The molecule has 0 saturated carbocycles. The van der Waals surface area contributed by atoms with Gasteiger partial charge in [-0.05, 0) is 55.2 Å². The minimum Gasteiger partial charge on any atom is -0.478 e. The van der Waals surface area contributed by atoms with E-state index in [0.717, 1.165) is 10.4 Å². The van der Waals surface area contributed by atoms with Crippen molar-refractivity contribution in [1.82, 2.24) is 9.37 Å². The summed E-state index contributed by atoms with van der Waals surface area (Å²) in [7, 11) is -14.6. The quantitative estimate of drug-likeness (QED) is 0.0357. The number of imide groups is 1. The van der Waals surface area contributed by atoms with Crippen LogP contribution >= 0.6 is 0 Å². The largest absolute Gasteiger partial charge is 0.478 e. The average molecular weight is 823 g/mol. The number of sulfonamides is 1. The summed E-state index contributed by atoms with van der Waals surface area (Å²) in [6.07, 6.45) is -0.488. The molecular weight excluding hydrogens is 789 g/mol. The molecule has 3 aliphatic rings. The number of unbranched alkanes of at least 4 members (excludes halogenated alkanes) is 2. The van der Waals surface area contributed by atoms with Crippen LogP contribution in [0, 0.1) is 5.41 Å². The third-order valence-corrected chi connectivity index (χ3v) is 12.3. The second-order valence-electron chi connectivity index (χ2n) is 12.4. The summed E-state index contributed by atoms with van der Waals surface area (Å²) in [4.78, 5) is 51.1. The van der Waals surface area contributed by atoms with Gasteiger partial charge in [0.25, 0.3) is 32.1 Å². The number of nitrogens with two attached hydrogens (primary N) is 1. The van der Waals surface area contributed by atoms with Gasteiger partial charge >= 0.3 is 11.9 Å². The third-order valence-electron chi connectivity index (χ3n) is 8.58. The van der Waals surface area contributed by atoms with E-state index in [1.54, 1.807) is 0 Å². The number of anilines is 1. The van der Waals surface area contributed by atoms with Crippen molar-refractivity contribution in [2.45, 2.75) is 54.7 Å². The number of nitrogens with one attached hydrogen (secondary N) is 1. The van der Waals surface area contributed by atoms with Crippen LogP contribution in [0.15, 0.2) is 62.7 Å². The Balaban J connectivity index is 1.61. The van der Waals surface area contributed by atoms with E-state index in [1.807, 2.05) is 0 Å². The highest BCUT2D eigenvalue weighted by Crippen LogP contribution is 2.46. The van der Waals surface area contributed by atoms with Crippen LogP contribution < -0.4 is 11.1 Å². The molecule has 1 fully saturated rings. The Morgan fingerprint density at radius 2 is 1.51 bits per heavy atom. The highest BCUT2D eigenvalue weighted by atomic mass is 32.2. The second-order valence-corrected chi connectivity index (χ2v) is 17.2. The van der Waals surface area contributed by atoms with Crippen LogP contribution in [0.2, 0.25) is 0 Å². The van der Waals surface area contributed by atoms with Crippen LogP contribution in [0.25, 0.3) is 33.4 Å². The predicted molar refractivity (Wildman–Crippen MR) is 191 cm³/mol. The predicted octanol–water partition coefficient (Wildman–Crippen LogP) is 2.65. The molecule has 0 atom stereocenters. The zero-order chi connectivity index (χ0) is 40.5. The number of carbonyl (C=O) groups excluding carboxylic acids is 3. The fourth-order valence-electron chi connectivity index (χ4n) is 6.13.